The van der Waals surface area contributed by atoms with Gasteiger partial charge in [-0.2, -0.15) is 0 Å². The highest BCUT2D eigenvalue weighted by Crippen LogP contribution is 2.33. The van der Waals surface area contributed by atoms with Gasteiger partial charge in [0.25, 0.3) is 0 Å². The molecule has 4 heteroatoms. The van der Waals surface area contributed by atoms with Crippen molar-refractivity contribution >= 4 is 5.91 Å². The molecule has 1 heterocycles. The van der Waals surface area contributed by atoms with Crippen LogP contribution in [0.2, 0.25) is 0 Å². The fourth-order valence-corrected chi connectivity index (χ4v) is 2.68. The van der Waals surface area contributed by atoms with E-state index in [1.165, 1.54) is 0 Å². The summed E-state index contributed by atoms with van der Waals surface area (Å²) in [5.74, 6) is 0.210. The van der Waals surface area contributed by atoms with E-state index in [-0.39, 0.29) is 29.9 Å². The van der Waals surface area contributed by atoms with Gasteiger partial charge in [-0.3, -0.25) is 4.79 Å². The number of carbonyl (C=O) groups is 1. The minimum absolute atomic E-state index is 0.0721. The Morgan fingerprint density at radius 1 is 1.50 bits per heavy atom. The number of amides is 1. The summed E-state index contributed by atoms with van der Waals surface area (Å²) in [6, 6.07) is 0.189. The van der Waals surface area contributed by atoms with E-state index in [0.29, 0.717) is 6.54 Å². The minimum atomic E-state index is -0.247. The average Bonchev–Trinajstić information content (AvgIpc) is 2.17. The van der Waals surface area contributed by atoms with Crippen molar-refractivity contribution in [2.45, 2.75) is 37.8 Å². The summed E-state index contributed by atoms with van der Waals surface area (Å²) in [4.78, 5) is 11.5. The monoisotopic (exact) mass is 198 g/mol. The van der Waals surface area contributed by atoms with Crippen molar-refractivity contribution in [1.82, 2.24) is 5.32 Å². The Morgan fingerprint density at radius 3 is 3.00 bits per heavy atom. The van der Waals surface area contributed by atoms with E-state index in [1.54, 1.807) is 0 Å². The molecule has 1 aliphatic heterocycles. The van der Waals surface area contributed by atoms with E-state index in [9.17, 15) is 9.90 Å². The Labute approximate surface area is 83.9 Å². The van der Waals surface area contributed by atoms with E-state index < -0.39 is 0 Å². The fourth-order valence-electron chi connectivity index (χ4n) is 2.68. The smallest absolute Gasteiger partial charge is 0.224 e. The third-order valence-electron chi connectivity index (χ3n) is 3.57. The molecule has 14 heavy (non-hydrogen) atoms. The van der Waals surface area contributed by atoms with Gasteiger partial charge in [-0.05, 0) is 25.7 Å². The van der Waals surface area contributed by atoms with Gasteiger partial charge in [0.2, 0.25) is 5.91 Å². The lowest BCUT2D eigenvalue weighted by Gasteiger charge is -2.41. The van der Waals surface area contributed by atoms with Gasteiger partial charge in [0.15, 0.2) is 0 Å². The summed E-state index contributed by atoms with van der Waals surface area (Å²) in [7, 11) is 0. The van der Waals surface area contributed by atoms with E-state index >= 15 is 0 Å². The standard InChI is InChI=1S/C10H18N2O2/c11-5-6-4-7-8(12-10(6)14)2-1-3-9(7)13/h6-9,13H,1-5,11H2,(H,12,14)/t6-,7+,8+,9-/m1/s1. The minimum Gasteiger partial charge on any atom is -0.393 e. The van der Waals surface area contributed by atoms with Crippen LogP contribution in [0.15, 0.2) is 0 Å². The van der Waals surface area contributed by atoms with Gasteiger partial charge in [-0.25, -0.2) is 0 Å². The highest BCUT2D eigenvalue weighted by atomic mass is 16.3. The molecule has 4 nitrogen and oxygen atoms in total. The molecule has 4 atom stereocenters. The van der Waals surface area contributed by atoms with Gasteiger partial charge in [-0.15, -0.1) is 0 Å². The first-order chi connectivity index (χ1) is 6.72. The van der Waals surface area contributed by atoms with Gasteiger partial charge in [0.1, 0.15) is 0 Å². The number of piperidine rings is 1. The van der Waals surface area contributed by atoms with Crippen molar-refractivity contribution in [1.29, 1.82) is 0 Å². The van der Waals surface area contributed by atoms with Crippen molar-refractivity contribution in [2.24, 2.45) is 17.6 Å². The number of aliphatic hydroxyl groups is 1. The Kier molecular flexibility index (Phi) is 2.74. The molecule has 2 aliphatic rings. The van der Waals surface area contributed by atoms with Crippen molar-refractivity contribution in [2.75, 3.05) is 6.54 Å². The molecule has 0 bridgehead atoms. The Hall–Kier alpha value is -0.610. The average molecular weight is 198 g/mol. The molecule has 1 saturated carbocycles. The molecule has 0 aromatic carbocycles. The molecule has 2 rings (SSSR count). The Morgan fingerprint density at radius 2 is 2.29 bits per heavy atom. The lowest BCUT2D eigenvalue weighted by atomic mass is 9.74. The molecule has 80 valence electrons. The third-order valence-corrected chi connectivity index (χ3v) is 3.57. The molecule has 0 spiro atoms. The normalized spacial score (nSPS) is 42.9. The topological polar surface area (TPSA) is 75.3 Å². The van der Waals surface area contributed by atoms with Crippen LogP contribution in [0.3, 0.4) is 0 Å². The maximum atomic E-state index is 11.5. The molecular formula is C10H18N2O2. The predicted molar refractivity (Wildman–Crippen MR) is 52.4 cm³/mol. The molecule has 4 N–H and O–H groups in total. The van der Waals surface area contributed by atoms with Crippen LogP contribution in [0.1, 0.15) is 25.7 Å². The molecule has 0 radical (unpaired) electrons. The van der Waals surface area contributed by atoms with Crippen molar-refractivity contribution < 1.29 is 9.90 Å². The van der Waals surface area contributed by atoms with Gasteiger partial charge >= 0.3 is 0 Å². The summed E-state index contributed by atoms with van der Waals surface area (Å²) in [6.45, 7) is 0.391. The third kappa shape index (κ3) is 1.64. The van der Waals surface area contributed by atoms with Crippen molar-refractivity contribution in [3.63, 3.8) is 0 Å². The molecule has 0 unspecified atom stereocenters. The number of fused-ring (bicyclic) bond motifs is 1. The SMILES string of the molecule is NC[C@H]1C[C@@H]2[C@H](O)CCC[C@@H]2NC1=O. The zero-order valence-electron chi connectivity index (χ0n) is 8.28. The van der Waals surface area contributed by atoms with Crippen LogP contribution in [0, 0.1) is 11.8 Å². The lowest BCUT2D eigenvalue weighted by molar-refractivity contribution is -0.131. The summed E-state index contributed by atoms with van der Waals surface area (Å²) < 4.78 is 0. The van der Waals surface area contributed by atoms with Crippen LogP contribution in [0.5, 0.6) is 0 Å². The second kappa shape index (κ2) is 3.87. The van der Waals surface area contributed by atoms with E-state index in [1.807, 2.05) is 0 Å². The maximum Gasteiger partial charge on any atom is 0.224 e. The predicted octanol–water partition coefficient (Wildman–Crippen LogP) is -0.389. The van der Waals surface area contributed by atoms with Crippen LogP contribution in [-0.4, -0.2) is 29.7 Å². The van der Waals surface area contributed by atoms with Crippen LogP contribution >= 0.6 is 0 Å². The summed E-state index contributed by atoms with van der Waals surface area (Å²) in [6.07, 6.45) is 3.40. The first kappa shape index (κ1) is 9.93. The maximum absolute atomic E-state index is 11.5. The fraction of sp³-hybridized carbons (Fsp3) is 0.900. The van der Waals surface area contributed by atoms with Crippen molar-refractivity contribution in [3.05, 3.63) is 0 Å². The van der Waals surface area contributed by atoms with Crippen LogP contribution in [0.25, 0.3) is 0 Å². The zero-order valence-corrected chi connectivity index (χ0v) is 8.28. The molecule has 1 aliphatic carbocycles. The summed E-state index contributed by atoms with van der Waals surface area (Å²) >= 11 is 0. The lowest BCUT2D eigenvalue weighted by Crippen LogP contribution is -2.55. The number of hydrogen-bond acceptors (Lipinski definition) is 3. The number of rotatable bonds is 1. The number of nitrogens with two attached hydrogens (primary N) is 1. The van der Waals surface area contributed by atoms with Gasteiger partial charge in [-0.1, -0.05) is 0 Å². The molecular weight excluding hydrogens is 180 g/mol. The second-order valence-electron chi connectivity index (χ2n) is 4.45. The highest BCUT2D eigenvalue weighted by Gasteiger charge is 2.40. The first-order valence-electron chi connectivity index (χ1n) is 5.41. The quantitative estimate of drug-likeness (QED) is 0.537. The first-order valence-corrected chi connectivity index (χ1v) is 5.41. The zero-order chi connectivity index (χ0) is 10.1. The van der Waals surface area contributed by atoms with Crippen LogP contribution < -0.4 is 11.1 Å². The Balaban J connectivity index is 2.06. The van der Waals surface area contributed by atoms with Gasteiger partial charge in [0.05, 0.1) is 12.0 Å². The summed E-state index contributed by atoms with van der Waals surface area (Å²) in [5.41, 5.74) is 5.52. The number of hydrogen-bond donors (Lipinski definition) is 3. The molecule has 0 aromatic rings. The van der Waals surface area contributed by atoms with Crippen LogP contribution in [0.4, 0.5) is 0 Å². The van der Waals surface area contributed by atoms with Crippen molar-refractivity contribution in [3.8, 4) is 0 Å². The van der Waals surface area contributed by atoms with E-state index in [0.717, 1.165) is 25.7 Å². The summed E-state index contributed by atoms with van der Waals surface area (Å²) in [5, 5.41) is 12.8. The molecule has 1 saturated heterocycles. The molecule has 1 amide bonds. The van der Waals surface area contributed by atoms with Crippen LogP contribution in [-0.2, 0) is 4.79 Å². The second-order valence-corrected chi connectivity index (χ2v) is 4.45. The van der Waals surface area contributed by atoms with Gasteiger partial charge in [0, 0.05) is 18.5 Å². The number of nitrogens with one attached hydrogen (secondary N) is 1. The van der Waals surface area contributed by atoms with E-state index in [2.05, 4.69) is 5.32 Å². The number of carbonyl (C=O) groups excluding carboxylic acids is 1. The largest absolute Gasteiger partial charge is 0.393 e. The molecule has 0 aromatic heterocycles. The van der Waals surface area contributed by atoms with E-state index in [4.69, 9.17) is 5.73 Å². The molecule has 2 fully saturated rings. The highest BCUT2D eigenvalue weighted by molar-refractivity contribution is 5.80. The van der Waals surface area contributed by atoms with Gasteiger partial charge < -0.3 is 16.2 Å². The number of aliphatic hydroxyl groups excluding tert-OH is 1. The Bertz CT molecular complexity index is 232.